The van der Waals surface area contributed by atoms with Gasteiger partial charge in [-0.2, -0.15) is 4.52 Å². The fraction of sp³-hybridized carbons (Fsp3) is 0.577. The number of aryl methyl sites for hydroxylation is 1. The number of rotatable bonds is 10. The molecule has 1 aromatic carbocycles. The second-order valence-corrected chi connectivity index (χ2v) is 11.4. The lowest BCUT2D eigenvalue weighted by Gasteiger charge is -2.22. The molecule has 9 heteroatoms. The fourth-order valence-electron chi connectivity index (χ4n) is 4.34. The molecule has 1 amide bonds. The van der Waals surface area contributed by atoms with Crippen molar-refractivity contribution in [3.63, 3.8) is 0 Å². The van der Waals surface area contributed by atoms with Gasteiger partial charge in [0.25, 0.3) is 0 Å². The molecule has 0 aliphatic carbocycles. The summed E-state index contributed by atoms with van der Waals surface area (Å²) in [5.41, 5.74) is 3.11. The van der Waals surface area contributed by atoms with Crippen LogP contribution in [-0.2, 0) is 11.2 Å². The van der Waals surface area contributed by atoms with Gasteiger partial charge in [-0.25, -0.2) is 4.98 Å². The van der Waals surface area contributed by atoms with Crippen LogP contribution in [0.25, 0.3) is 16.2 Å². The first kappa shape index (κ1) is 25.4. The second kappa shape index (κ2) is 11.0. The maximum atomic E-state index is 12.5. The summed E-state index contributed by atoms with van der Waals surface area (Å²) in [6.07, 6.45) is 4.60. The summed E-state index contributed by atoms with van der Waals surface area (Å²) in [6.45, 7) is 13.0. The van der Waals surface area contributed by atoms with Gasteiger partial charge in [0.05, 0.1) is 6.54 Å². The monoisotopic (exact) mass is 497 g/mol. The van der Waals surface area contributed by atoms with Crippen molar-refractivity contribution in [3.8, 4) is 11.3 Å². The van der Waals surface area contributed by atoms with E-state index in [1.165, 1.54) is 42.8 Å². The fourth-order valence-corrected chi connectivity index (χ4v) is 5.20. The molecule has 8 nitrogen and oxygen atoms in total. The number of carbonyl (C=O) groups excluding carboxylic acids is 1. The summed E-state index contributed by atoms with van der Waals surface area (Å²) < 4.78 is 1.87. The lowest BCUT2D eigenvalue weighted by molar-refractivity contribution is -0.119. The van der Waals surface area contributed by atoms with Crippen molar-refractivity contribution in [2.45, 2.75) is 58.9 Å². The predicted molar refractivity (Wildman–Crippen MR) is 146 cm³/mol. The molecule has 3 heterocycles. The van der Waals surface area contributed by atoms with Gasteiger partial charge in [0.1, 0.15) is 5.69 Å². The van der Waals surface area contributed by atoms with E-state index in [9.17, 15) is 4.79 Å². The van der Waals surface area contributed by atoms with Gasteiger partial charge < -0.3 is 20.4 Å². The SMILES string of the molecule is CCc1ccc(-c2nc3sc(N(C)CC(=O)NCCCN4CCCC4)nn3c2NC(C)(C)C)cc1. The topological polar surface area (TPSA) is 77.8 Å². The predicted octanol–water partition coefficient (Wildman–Crippen LogP) is 4.27. The van der Waals surface area contributed by atoms with E-state index in [1.54, 1.807) is 0 Å². The number of anilines is 2. The number of benzene rings is 1. The zero-order valence-corrected chi connectivity index (χ0v) is 22.5. The van der Waals surface area contributed by atoms with Crippen LogP contribution in [0, 0.1) is 0 Å². The van der Waals surface area contributed by atoms with Gasteiger partial charge in [0.2, 0.25) is 16.0 Å². The minimum absolute atomic E-state index is 0.0199. The quantitative estimate of drug-likeness (QED) is 0.408. The molecule has 2 N–H and O–H groups in total. The average molecular weight is 498 g/mol. The van der Waals surface area contributed by atoms with Crippen LogP contribution < -0.4 is 15.5 Å². The molecule has 0 unspecified atom stereocenters. The Morgan fingerprint density at radius 3 is 2.54 bits per heavy atom. The number of nitrogens with one attached hydrogen (secondary N) is 2. The van der Waals surface area contributed by atoms with Crippen LogP contribution in [0.2, 0.25) is 0 Å². The number of hydrogen-bond acceptors (Lipinski definition) is 7. The highest BCUT2D eigenvalue weighted by Crippen LogP contribution is 2.34. The van der Waals surface area contributed by atoms with Crippen LogP contribution in [0.1, 0.15) is 52.5 Å². The minimum Gasteiger partial charge on any atom is -0.364 e. The van der Waals surface area contributed by atoms with E-state index in [4.69, 9.17) is 10.1 Å². The number of carbonyl (C=O) groups is 1. The molecule has 1 aliphatic rings. The van der Waals surface area contributed by atoms with E-state index in [2.05, 4.69) is 67.5 Å². The van der Waals surface area contributed by atoms with E-state index in [-0.39, 0.29) is 18.0 Å². The zero-order chi connectivity index (χ0) is 25.0. The number of amides is 1. The maximum Gasteiger partial charge on any atom is 0.239 e. The van der Waals surface area contributed by atoms with Crippen molar-refractivity contribution in [2.24, 2.45) is 0 Å². The molecule has 0 atom stereocenters. The molecule has 0 bridgehead atoms. The molecule has 0 saturated carbocycles. The second-order valence-electron chi connectivity index (χ2n) is 10.4. The zero-order valence-electron chi connectivity index (χ0n) is 21.7. The normalized spacial score (nSPS) is 14.5. The molecule has 1 fully saturated rings. The summed E-state index contributed by atoms with van der Waals surface area (Å²) in [5, 5.41) is 12.2. The molecule has 0 spiro atoms. The van der Waals surface area contributed by atoms with E-state index in [0.29, 0.717) is 6.54 Å². The molecule has 190 valence electrons. The van der Waals surface area contributed by atoms with E-state index in [1.807, 2.05) is 16.5 Å². The first-order valence-electron chi connectivity index (χ1n) is 12.7. The lowest BCUT2D eigenvalue weighted by Crippen LogP contribution is -2.36. The Kier molecular flexibility index (Phi) is 7.96. The van der Waals surface area contributed by atoms with E-state index >= 15 is 0 Å². The Balaban J connectivity index is 1.45. The van der Waals surface area contributed by atoms with Gasteiger partial charge in [-0.1, -0.05) is 42.5 Å². The van der Waals surface area contributed by atoms with Crippen molar-refractivity contribution in [2.75, 3.05) is 50.0 Å². The number of imidazole rings is 1. The molecule has 1 saturated heterocycles. The van der Waals surface area contributed by atoms with Crippen LogP contribution in [0.3, 0.4) is 0 Å². The Morgan fingerprint density at radius 2 is 1.89 bits per heavy atom. The van der Waals surface area contributed by atoms with Gasteiger partial charge in [0.15, 0.2) is 5.82 Å². The third-order valence-electron chi connectivity index (χ3n) is 6.20. The highest BCUT2D eigenvalue weighted by molar-refractivity contribution is 7.20. The van der Waals surface area contributed by atoms with Crippen LogP contribution in [0.4, 0.5) is 10.9 Å². The van der Waals surface area contributed by atoms with Crippen LogP contribution in [0.15, 0.2) is 24.3 Å². The van der Waals surface area contributed by atoms with Gasteiger partial charge in [-0.15, -0.1) is 5.10 Å². The molecule has 3 aromatic rings. The van der Waals surface area contributed by atoms with Crippen LogP contribution in [0.5, 0.6) is 0 Å². The Hall–Kier alpha value is -2.65. The Bertz CT molecular complexity index is 1120. The lowest BCUT2D eigenvalue weighted by atomic mass is 10.1. The number of fused-ring (bicyclic) bond motifs is 1. The number of nitrogens with zero attached hydrogens (tertiary/aromatic N) is 5. The van der Waals surface area contributed by atoms with Gasteiger partial charge in [0, 0.05) is 24.7 Å². The summed E-state index contributed by atoms with van der Waals surface area (Å²) in [6, 6.07) is 8.56. The van der Waals surface area contributed by atoms with Crippen LogP contribution >= 0.6 is 11.3 Å². The Morgan fingerprint density at radius 1 is 1.17 bits per heavy atom. The average Bonchev–Trinajstić information content (AvgIpc) is 3.54. The summed E-state index contributed by atoms with van der Waals surface area (Å²) in [4.78, 5) is 22.6. The molecule has 1 aliphatic heterocycles. The molecular formula is C26H39N7OS. The van der Waals surface area contributed by atoms with Crippen molar-refractivity contribution >= 4 is 33.2 Å². The van der Waals surface area contributed by atoms with Gasteiger partial charge in [-0.3, -0.25) is 4.79 Å². The number of hydrogen-bond donors (Lipinski definition) is 2. The largest absolute Gasteiger partial charge is 0.364 e. The third kappa shape index (κ3) is 6.52. The molecule has 4 rings (SSSR count). The first-order chi connectivity index (χ1) is 16.7. The number of aromatic nitrogens is 3. The highest BCUT2D eigenvalue weighted by atomic mass is 32.1. The highest BCUT2D eigenvalue weighted by Gasteiger charge is 2.23. The standard InChI is InChI=1S/C26H39N7OS/c1-6-19-10-12-20(13-11-19)22-23(29-26(2,3)4)33-24(28-22)35-25(30-33)31(5)18-21(34)27-14-9-17-32-15-7-8-16-32/h10-13,29H,6-9,14-18H2,1-5H3,(H,27,34). The Labute approximate surface area is 212 Å². The van der Waals surface area contributed by atoms with Gasteiger partial charge in [-0.05, 0) is 71.7 Å². The van der Waals surface area contributed by atoms with E-state index in [0.717, 1.165) is 46.6 Å². The molecule has 2 aromatic heterocycles. The first-order valence-corrected chi connectivity index (χ1v) is 13.5. The molecule has 35 heavy (non-hydrogen) atoms. The van der Waals surface area contributed by atoms with E-state index < -0.39 is 0 Å². The number of likely N-dealkylation sites (tertiary alicyclic amines) is 1. The van der Waals surface area contributed by atoms with Crippen molar-refractivity contribution in [1.82, 2.24) is 24.8 Å². The van der Waals surface area contributed by atoms with Crippen molar-refractivity contribution in [3.05, 3.63) is 29.8 Å². The smallest absolute Gasteiger partial charge is 0.239 e. The molecular weight excluding hydrogens is 458 g/mol. The maximum absolute atomic E-state index is 12.5. The molecule has 0 radical (unpaired) electrons. The third-order valence-corrected chi connectivity index (χ3v) is 7.22. The summed E-state index contributed by atoms with van der Waals surface area (Å²) >= 11 is 1.50. The summed E-state index contributed by atoms with van der Waals surface area (Å²) in [7, 11) is 1.91. The minimum atomic E-state index is -0.154. The van der Waals surface area contributed by atoms with Crippen molar-refractivity contribution in [1.29, 1.82) is 0 Å². The van der Waals surface area contributed by atoms with Crippen molar-refractivity contribution < 1.29 is 4.79 Å². The number of likely N-dealkylation sites (N-methyl/N-ethyl adjacent to an activating group) is 1. The van der Waals surface area contributed by atoms with Crippen LogP contribution in [-0.4, -0.2) is 70.7 Å². The summed E-state index contributed by atoms with van der Waals surface area (Å²) in [5.74, 6) is 0.894. The van der Waals surface area contributed by atoms with Gasteiger partial charge >= 0.3 is 0 Å².